The van der Waals surface area contributed by atoms with Crippen LogP contribution in [0, 0.1) is 34.9 Å². The summed E-state index contributed by atoms with van der Waals surface area (Å²) < 4.78 is 158. The number of hydrogen-bond acceptors (Lipinski definition) is 5. The second kappa shape index (κ2) is 10.6. The molecule has 1 N–H and O–H groups in total. The van der Waals surface area contributed by atoms with Crippen LogP contribution in [0.5, 0.6) is 11.5 Å². The lowest BCUT2D eigenvalue weighted by atomic mass is 9.96. The Kier molecular flexibility index (Phi) is 7.73. The Hall–Kier alpha value is -4.21. The maximum atomic E-state index is 15.0. The van der Waals surface area contributed by atoms with E-state index in [1.54, 1.807) is 0 Å². The fourth-order valence-corrected chi connectivity index (χ4v) is 5.10. The van der Waals surface area contributed by atoms with Gasteiger partial charge in [0.25, 0.3) is 0 Å². The molecule has 0 saturated heterocycles. The maximum Gasteiger partial charge on any atom is 0.389 e. The van der Waals surface area contributed by atoms with Crippen molar-refractivity contribution in [3.8, 4) is 22.6 Å². The first-order valence-electron chi connectivity index (χ1n) is 11.1. The second-order valence-electron chi connectivity index (χ2n) is 8.42. The van der Waals surface area contributed by atoms with Gasteiger partial charge in [-0.15, -0.1) is 0 Å². The Balaban J connectivity index is 1.99. The third-order valence-corrected chi connectivity index (χ3v) is 7.08. The predicted molar refractivity (Wildman–Crippen MR) is 125 cm³/mol. The summed E-state index contributed by atoms with van der Waals surface area (Å²) >= 11 is 0. The first-order valence-corrected chi connectivity index (χ1v) is 12.5. The lowest BCUT2D eigenvalue weighted by Crippen LogP contribution is -2.16. The van der Waals surface area contributed by atoms with Gasteiger partial charge in [-0.1, -0.05) is 0 Å². The van der Waals surface area contributed by atoms with Crippen molar-refractivity contribution >= 4 is 21.0 Å². The van der Waals surface area contributed by atoms with Crippen LogP contribution in [-0.4, -0.2) is 26.7 Å². The van der Waals surface area contributed by atoms with E-state index in [4.69, 9.17) is 4.74 Å². The third-order valence-electron chi connectivity index (χ3n) is 5.81. The van der Waals surface area contributed by atoms with Gasteiger partial charge in [0.05, 0.1) is 7.11 Å². The fourth-order valence-electron chi connectivity index (χ4n) is 3.94. The molecule has 41 heavy (non-hydrogen) atoms. The van der Waals surface area contributed by atoms with Crippen LogP contribution in [0.15, 0.2) is 46.1 Å². The zero-order valence-electron chi connectivity index (χ0n) is 20.2. The summed E-state index contributed by atoms with van der Waals surface area (Å²) in [5, 5.41) is -0.160. The van der Waals surface area contributed by atoms with Gasteiger partial charge in [0.2, 0.25) is 40.4 Å². The minimum atomic E-state index is -5.52. The highest BCUT2D eigenvalue weighted by Gasteiger charge is 2.33. The van der Waals surface area contributed by atoms with Crippen molar-refractivity contribution in [3.63, 3.8) is 0 Å². The molecule has 0 amide bonds. The Morgan fingerprint density at radius 3 is 2.05 bits per heavy atom. The van der Waals surface area contributed by atoms with Gasteiger partial charge >= 0.3 is 16.3 Å². The van der Waals surface area contributed by atoms with Crippen LogP contribution in [0.4, 0.5) is 39.5 Å². The number of H-pyrrole nitrogens is 1. The number of hydrogen-bond donors (Lipinski definition) is 1. The number of ether oxygens (including phenoxy) is 1. The summed E-state index contributed by atoms with van der Waals surface area (Å²) in [6.45, 7) is 0. The quantitative estimate of drug-likeness (QED) is 0.115. The number of aromatic amines is 1. The van der Waals surface area contributed by atoms with Gasteiger partial charge in [-0.2, -0.15) is 30.4 Å². The molecule has 0 spiro atoms. The lowest BCUT2D eigenvalue weighted by molar-refractivity contribution is -0.134. The first-order chi connectivity index (χ1) is 19.1. The minimum absolute atomic E-state index is 0.0636. The average Bonchev–Trinajstić information content (AvgIpc) is 2.91. The minimum Gasteiger partial charge on any atom is -0.496 e. The summed E-state index contributed by atoms with van der Waals surface area (Å²) in [7, 11) is -4.49. The van der Waals surface area contributed by atoms with Gasteiger partial charge in [-0.3, -0.25) is 4.79 Å². The molecule has 218 valence electrons. The molecule has 0 bridgehead atoms. The van der Waals surface area contributed by atoms with Crippen LogP contribution in [0.2, 0.25) is 0 Å². The number of benzene rings is 3. The molecule has 0 aliphatic rings. The van der Waals surface area contributed by atoms with Crippen molar-refractivity contribution in [2.24, 2.45) is 0 Å². The summed E-state index contributed by atoms with van der Waals surface area (Å²) in [6.07, 6.45) is -6.86. The fraction of sp³-hybridized carbons (Fsp3) is 0.160. The molecule has 1 aromatic heterocycles. The van der Waals surface area contributed by atoms with Crippen LogP contribution >= 0.6 is 0 Å². The number of rotatable bonds is 7. The summed E-state index contributed by atoms with van der Waals surface area (Å²) in [4.78, 5) is 13.2. The van der Waals surface area contributed by atoms with E-state index in [2.05, 4.69) is 9.17 Å². The summed E-state index contributed by atoms with van der Waals surface area (Å²) in [5.74, 6) is -16.5. The number of halogens is 9. The highest BCUT2D eigenvalue weighted by atomic mass is 32.2. The predicted octanol–water partition coefficient (Wildman–Crippen LogP) is 6.30. The first kappa shape index (κ1) is 29.8. The van der Waals surface area contributed by atoms with Crippen molar-refractivity contribution < 1.29 is 56.9 Å². The molecule has 3 aromatic carbocycles. The van der Waals surface area contributed by atoms with E-state index in [9.17, 15) is 48.3 Å². The van der Waals surface area contributed by atoms with E-state index in [0.29, 0.717) is 6.07 Å². The molecular formula is C25H14F9NO5S. The topological polar surface area (TPSA) is 85.5 Å². The summed E-state index contributed by atoms with van der Waals surface area (Å²) in [6, 6.07) is 5.20. The second-order valence-corrected chi connectivity index (χ2v) is 9.93. The smallest absolute Gasteiger partial charge is 0.389 e. The Labute approximate surface area is 224 Å². The Morgan fingerprint density at radius 1 is 0.854 bits per heavy atom. The van der Waals surface area contributed by atoms with E-state index < -0.39 is 96.9 Å². The van der Waals surface area contributed by atoms with E-state index >= 15 is 4.39 Å². The van der Waals surface area contributed by atoms with Crippen molar-refractivity contribution in [2.75, 3.05) is 7.11 Å². The van der Waals surface area contributed by atoms with Gasteiger partial charge in [0.1, 0.15) is 16.5 Å². The average molecular weight is 611 g/mol. The Morgan fingerprint density at radius 2 is 1.46 bits per heavy atom. The van der Waals surface area contributed by atoms with Gasteiger partial charge in [-0.05, 0) is 42.3 Å². The SMILES string of the molecule is COc1cc(CCC(F)(F)F)c(F)cc1-c1c(S(=O)(=O)Oc2c(F)c(F)c(F)c(F)c2F)ccc2[nH]c(=O)ccc12. The molecular weight excluding hydrogens is 597 g/mol. The maximum absolute atomic E-state index is 15.0. The van der Waals surface area contributed by atoms with E-state index in [0.717, 1.165) is 37.4 Å². The van der Waals surface area contributed by atoms with Crippen LogP contribution in [-0.2, 0) is 16.5 Å². The van der Waals surface area contributed by atoms with Gasteiger partial charge in [0, 0.05) is 34.5 Å². The lowest BCUT2D eigenvalue weighted by Gasteiger charge is -2.18. The number of aromatic nitrogens is 1. The number of alkyl halides is 3. The van der Waals surface area contributed by atoms with Crippen molar-refractivity contribution in [3.05, 3.63) is 87.2 Å². The molecule has 6 nitrogen and oxygen atoms in total. The molecule has 0 radical (unpaired) electrons. The molecule has 4 aromatic rings. The monoisotopic (exact) mass is 611 g/mol. The highest BCUT2D eigenvalue weighted by Crippen LogP contribution is 2.42. The molecule has 0 atom stereocenters. The zero-order valence-corrected chi connectivity index (χ0v) is 21.0. The number of nitrogens with one attached hydrogen (secondary N) is 1. The van der Waals surface area contributed by atoms with Crippen molar-refractivity contribution in [1.29, 1.82) is 0 Å². The molecule has 0 aliphatic carbocycles. The van der Waals surface area contributed by atoms with E-state index in [-0.39, 0.29) is 16.7 Å². The van der Waals surface area contributed by atoms with Gasteiger partial charge in [-0.25, -0.2) is 17.6 Å². The molecule has 0 aliphatic heterocycles. The third kappa shape index (κ3) is 5.68. The number of methoxy groups -OCH3 is 1. The van der Waals surface area contributed by atoms with Crippen LogP contribution in [0.1, 0.15) is 12.0 Å². The standard InChI is InChI=1S/C25H14F9NO5S/c1-39-15-8-10(6-7-25(32,33)34)13(26)9-12(15)18-11-2-5-17(36)35-14(11)3-4-16(18)41(37,38)40-24-22(30)20(28)19(27)21(29)23(24)31/h2-5,8-9H,6-7H2,1H3,(H,35,36). The van der Waals surface area contributed by atoms with Crippen molar-refractivity contribution in [2.45, 2.75) is 23.9 Å². The van der Waals surface area contributed by atoms with Crippen LogP contribution in [0.3, 0.4) is 0 Å². The molecule has 0 unspecified atom stereocenters. The van der Waals surface area contributed by atoms with Crippen molar-refractivity contribution in [1.82, 2.24) is 4.98 Å². The molecule has 16 heteroatoms. The highest BCUT2D eigenvalue weighted by molar-refractivity contribution is 7.87. The number of pyridine rings is 1. The zero-order chi connectivity index (χ0) is 30.4. The largest absolute Gasteiger partial charge is 0.496 e. The van der Waals surface area contributed by atoms with Gasteiger partial charge in [0.15, 0.2) is 0 Å². The van der Waals surface area contributed by atoms with Gasteiger partial charge < -0.3 is 13.9 Å². The van der Waals surface area contributed by atoms with E-state index in [1.165, 1.54) is 0 Å². The molecule has 0 saturated carbocycles. The number of fused-ring (bicyclic) bond motifs is 1. The summed E-state index contributed by atoms with van der Waals surface area (Å²) in [5.41, 5.74) is -2.17. The van der Waals surface area contributed by atoms with E-state index in [1.807, 2.05) is 0 Å². The molecule has 4 rings (SSSR count). The number of aryl methyl sites for hydroxylation is 1. The molecule has 0 fully saturated rings. The van der Waals surface area contributed by atoms with Crippen LogP contribution < -0.4 is 14.5 Å². The molecule has 1 heterocycles. The van der Waals surface area contributed by atoms with Crippen LogP contribution in [0.25, 0.3) is 22.0 Å². The normalized spacial score (nSPS) is 12.1. The Bertz CT molecular complexity index is 1820.